The van der Waals surface area contributed by atoms with Gasteiger partial charge in [0.15, 0.2) is 0 Å². The molecular weight excluding hydrogens is 473 g/mol. The maximum atomic E-state index is 12.8. The van der Waals surface area contributed by atoms with Crippen LogP contribution in [0.1, 0.15) is 19.3 Å². The second-order valence-corrected chi connectivity index (χ2v) is 9.60. The third-order valence-electron chi connectivity index (χ3n) is 7.34. The summed E-state index contributed by atoms with van der Waals surface area (Å²) in [5.74, 6) is 0.685. The highest BCUT2D eigenvalue weighted by molar-refractivity contribution is 5.78. The van der Waals surface area contributed by atoms with Crippen molar-refractivity contribution < 1.29 is 22.7 Å². The summed E-state index contributed by atoms with van der Waals surface area (Å²) in [6.07, 6.45) is 2.53. The summed E-state index contributed by atoms with van der Waals surface area (Å²) >= 11 is 0. The van der Waals surface area contributed by atoms with Gasteiger partial charge in [-0.1, -0.05) is 6.42 Å². The lowest BCUT2D eigenvalue weighted by molar-refractivity contribution is -0.274. The van der Waals surface area contributed by atoms with Crippen LogP contribution in [0.2, 0.25) is 0 Å². The maximum Gasteiger partial charge on any atom is 0.573 e. The number of ether oxygens (including phenoxy) is 1. The van der Waals surface area contributed by atoms with E-state index in [9.17, 15) is 18.0 Å². The highest BCUT2D eigenvalue weighted by Gasteiger charge is 2.31. The molecule has 0 spiro atoms. The lowest BCUT2D eigenvalue weighted by Crippen LogP contribution is -2.56. The summed E-state index contributed by atoms with van der Waals surface area (Å²) in [6.45, 7) is 7.14. The molecule has 11 heteroatoms. The van der Waals surface area contributed by atoms with E-state index in [1.165, 1.54) is 43.5 Å². The molecule has 1 aromatic heterocycles. The molecule has 2 saturated heterocycles. The average molecular weight is 505 g/mol. The standard InChI is InChI=1S/C25H31F3N6O2/c26-25(27,28)36-21-6-4-19(5-7-21)22-16-30-23(17-29-22)33-10-8-31(9-11-33)18-24(35)34-14-12-32(13-15-34)20-2-1-3-20/h4-7,16-17,20H,1-3,8-15,18H2. The van der Waals surface area contributed by atoms with E-state index in [0.717, 1.165) is 64.2 Å². The van der Waals surface area contributed by atoms with E-state index in [4.69, 9.17) is 0 Å². The van der Waals surface area contributed by atoms with E-state index in [2.05, 4.69) is 29.4 Å². The molecule has 3 fully saturated rings. The van der Waals surface area contributed by atoms with Gasteiger partial charge >= 0.3 is 6.36 Å². The van der Waals surface area contributed by atoms with Gasteiger partial charge in [-0.15, -0.1) is 13.2 Å². The molecule has 0 bridgehead atoms. The minimum absolute atomic E-state index is 0.215. The number of alkyl halides is 3. The number of piperazine rings is 2. The summed E-state index contributed by atoms with van der Waals surface area (Å²) < 4.78 is 40.9. The lowest BCUT2D eigenvalue weighted by Gasteiger charge is -2.43. The summed E-state index contributed by atoms with van der Waals surface area (Å²) in [5.41, 5.74) is 1.22. The molecule has 3 heterocycles. The van der Waals surface area contributed by atoms with Gasteiger partial charge in [0.25, 0.3) is 0 Å². The molecule has 0 atom stereocenters. The first-order chi connectivity index (χ1) is 17.3. The van der Waals surface area contributed by atoms with Crippen LogP contribution in [0, 0.1) is 0 Å². The van der Waals surface area contributed by atoms with Gasteiger partial charge in [0.05, 0.1) is 24.6 Å². The molecular formula is C25H31F3N6O2. The number of amides is 1. The highest BCUT2D eigenvalue weighted by Crippen LogP contribution is 2.27. The summed E-state index contributed by atoms with van der Waals surface area (Å²) in [4.78, 5) is 30.6. The van der Waals surface area contributed by atoms with Gasteiger partial charge in [0.2, 0.25) is 5.91 Å². The number of rotatable bonds is 6. The third kappa shape index (κ3) is 6.07. The Kier molecular flexibility index (Phi) is 7.29. The van der Waals surface area contributed by atoms with Crippen molar-refractivity contribution in [2.45, 2.75) is 31.7 Å². The van der Waals surface area contributed by atoms with E-state index in [-0.39, 0.29) is 11.7 Å². The van der Waals surface area contributed by atoms with Crippen molar-refractivity contribution in [1.29, 1.82) is 0 Å². The number of aromatic nitrogens is 2. The Morgan fingerprint density at radius 2 is 1.61 bits per heavy atom. The van der Waals surface area contributed by atoms with Crippen molar-refractivity contribution >= 4 is 11.7 Å². The summed E-state index contributed by atoms with van der Waals surface area (Å²) in [6, 6.07) is 6.30. The fourth-order valence-corrected chi connectivity index (χ4v) is 4.98. The molecule has 36 heavy (non-hydrogen) atoms. The van der Waals surface area contributed by atoms with Gasteiger partial charge in [-0.2, -0.15) is 0 Å². The van der Waals surface area contributed by atoms with Crippen LogP contribution in [0.3, 0.4) is 0 Å². The molecule has 0 radical (unpaired) electrons. The van der Waals surface area contributed by atoms with Gasteiger partial charge in [0.1, 0.15) is 11.6 Å². The minimum Gasteiger partial charge on any atom is -0.406 e. The number of carbonyl (C=O) groups excluding carboxylic acids is 1. The molecule has 1 amide bonds. The number of carbonyl (C=O) groups is 1. The second kappa shape index (κ2) is 10.6. The Morgan fingerprint density at radius 1 is 0.917 bits per heavy atom. The van der Waals surface area contributed by atoms with Gasteiger partial charge in [-0.3, -0.25) is 19.6 Å². The summed E-state index contributed by atoms with van der Waals surface area (Å²) in [5, 5.41) is 0. The van der Waals surface area contributed by atoms with Gasteiger partial charge < -0.3 is 14.5 Å². The normalized spacial score (nSPS) is 20.3. The lowest BCUT2D eigenvalue weighted by atomic mass is 9.91. The van der Waals surface area contributed by atoms with Gasteiger partial charge in [0, 0.05) is 64.0 Å². The molecule has 8 nitrogen and oxygen atoms in total. The quantitative estimate of drug-likeness (QED) is 0.600. The molecule has 194 valence electrons. The van der Waals surface area contributed by atoms with Crippen LogP contribution in [0.4, 0.5) is 19.0 Å². The van der Waals surface area contributed by atoms with Gasteiger partial charge in [-0.05, 0) is 37.1 Å². The Morgan fingerprint density at radius 3 is 2.17 bits per heavy atom. The van der Waals surface area contributed by atoms with Crippen molar-refractivity contribution in [3.8, 4) is 17.0 Å². The fraction of sp³-hybridized carbons (Fsp3) is 0.560. The molecule has 3 aliphatic rings. The zero-order valence-corrected chi connectivity index (χ0v) is 20.2. The third-order valence-corrected chi connectivity index (χ3v) is 7.34. The molecule has 0 unspecified atom stereocenters. The zero-order valence-electron chi connectivity index (χ0n) is 20.2. The van der Waals surface area contributed by atoms with Crippen LogP contribution in [0.15, 0.2) is 36.7 Å². The fourth-order valence-electron chi connectivity index (χ4n) is 4.98. The number of anilines is 1. The van der Waals surface area contributed by atoms with Crippen LogP contribution in [-0.4, -0.2) is 102 Å². The second-order valence-electron chi connectivity index (χ2n) is 9.60. The van der Waals surface area contributed by atoms with Crippen molar-refractivity contribution in [1.82, 2.24) is 24.7 Å². The number of halogens is 3. The number of benzene rings is 1. The molecule has 1 aromatic carbocycles. The zero-order chi connectivity index (χ0) is 25.1. The predicted octanol–water partition coefficient (Wildman–Crippen LogP) is 2.86. The minimum atomic E-state index is -4.72. The van der Waals surface area contributed by atoms with Crippen LogP contribution in [-0.2, 0) is 4.79 Å². The topological polar surface area (TPSA) is 65.0 Å². The molecule has 0 N–H and O–H groups in total. The Bertz CT molecular complexity index is 1010. The maximum absolute atomic E-state index is 12.8. The first-order valence-corrected chi connectivity index (χ1v) is 12.5. The van der Waals surface area contributed by atoms with Crippen molar-refractivity contribution in [3.05, 3.63) is 36.7 Å². The number of hydrogen-bond donors (Lipinski definition) is 0. The van der Waals surface area contributed by atoms with Crippen molar-refractivity contribution in [3.63, 3.8) is 0 Å². The molecule has 1 aliphatic carbocycles. The monoisotopic (exact) mass is 504 g/mol. The van der Waals surface area contributed by atoms with Crippen LogP contribution < -0.4 is 9.64 Å². The SMILES string of the molecule is O=C(CN1CCN(c2cnc(-c3ccc(OC(F)(F)F)cc3)cn2)CC1)N1CCN(C2CCC2)CC1. The molecule has 1 saturated carbocycles. The molecule has 2 aliphatic heterocycles. The van der Waals surface area contributed by atoms with Crippen LogP contribution in [0.5, 0.6) is 5.75 Å². The van der Waals surface area contributed by atoms with E-state index >= 15 is 0 Å². The Balaban J connectivity index is 1.07. The van der Waals surface area contributed by atoms with Gasteiger partial charge in [-0.25, -0.2) is 4.98 Å². The van der Waals surface area contributed by atoms with Crippen molar-refractivity contribution in [2.24, 2.45) is 0 Å². The molecule has 2 aromatic rings. The highest BCUT2D eigenvalue weighted by atomic mass is 19.4. The van der Waals surface area contributed by atoms with Crippen LogP contribution in [0.25, 0.3) is 11.3 Å². The average Bonchev–Trinajstić information content (AvgIpc) is 2.84. The Hall–Kier alpha value is -2.92. The molecule has 5 rings (SSSR count). The van der Waals surface area contributed by atoms with E-state index in [0.29, 0.717) is 17.8 Å². The number of hydrogen-bond acceptors (Lipinski definition) is 7. The largest absolute Gasteiger partial charge is 0.573 e. The summed E-state index contributed by atoms with van der Waals surface area (Å²) in [7, 11) is 0. The van der Waals surface area contributed by atoms with E-state index in [1.54, 1.807) is 12.4 Å². The Labute approximate surface area is 208 Å². The van der Waals surface area contributed by atoms with Crippen molar-refractivity contribution in [2.75, 3.05) is 63.8 Å². The number of nitrogens with zero attached hydrogens (tertiary/aromatic N) is 6. The van der Waals surface area contributed by atoms with E-state index in [1.807, 2.05) is 4.90 Å². The first kappa shape index (κ1) is 24.8. The smallest absolute Gasteiger partial charge is 0.406 e. The predicted molar refractivity (Wildman–Crippen MR) is 129 cm³/mol. The first-order valence-electron chi connectivity index (χ1n) is 12.5. The van der Waals surface area contributed by atoms with Crippen LogP contribution >= 0.6 is 0 Å². The van der Waals surface area contributed by atoms with E-state index < -0.39 is 6.36 Å².